The lowest BCUT2D eigenvalue weighted by Gasteiger charge is -2.10. The van der Waals surface area contributed by atoms with Gasteiger partial charge in [0.05, 0.1) is 16.4 Å². The lowest BCUT2D eigenvalue weighted by Crippen LogP contribution is -2.11. The number of fused-ring (bicyclic) bond motifs is 1. The third kappa shape index (κ3) is 4.25. The van der Waals surface area contributed by atoms with Crippen molar-refractivity contribution in [2.24, 2.45) is 0 Å². The van der Waals surface area contributed by atoms with E-state index < -0.39 is 5.91 Å². The number of thiophene rings is 1. The molecule has 0 aliphatic carbocycles. The Labute approximate surface area is 223 Å². The second-order valence-electron chi connectivity index (χ2n) is 7.87. The molecule has 3 aromatic heterocycles. The number of nitriles is 1. The molecular formula is C25H16Cl2N6OS2. The summed E-state index contributed by atoms with van der Waals surface area (Å²) in [6.45, 7) is 1.97. The van der Waals surface area contributed by atoms with Crippen LogP contribution in [0.4, 0.5) is 16.6 Å². The highest BCUT2D eigenvalue weighted by molar-refractivity contribution is 7.21. The predicted octanol–water partition coefficient (Wildman–Crippen LogP) is 6.99. The third-order valence-electron chi connectivity index (χ3n) is 5.49. The van der Waals surface area contributed by atoms with Gasteiger partial charge in [-0.25, -0.2) is 9.97 Å². The van der Waals surface area contributed by atoms with Crippen molar-refractivity contribution in [3.05, 3.63) is 73.9 Å². The van der Waals surface area contributed by atoms with Gasteiger partial charge < -0.3 is 11.5 Å². The summed E-state index contributed by atoms with van der Waals surface area (Å²) in [4.78, 5) is 22.8. The Bertz CT molecular complexity index is 1700. The minimum atomic E-state index is -0.439. The molecular weight excluding hydrogens is 535 g/mol. The van der Waals surface area contributed by atoms with Gasteiger partial charge in [0.25, 0.3) is 5.91 Å². The minimum absolute atomic E-state index is 0.0817. The molecule has 2 aromatic carbocycles. The Balaban J connectivity index is 1.54. The van der Waals surface area contributed by atoms with Crippen LogP contribution < -0.4 is 16.8 Å². The van der Waals surface area contributed by atoms with E-state index in [0.29, 0.717) is 42.2 Å². The van der Waals surface area contributed by atoms with Gasteiger partial charge in [-0.15, -0.1) is 22.7 Å². The number of thiazole rings is 1. The molecule has 0 unspecified atom stereocenters. The van der Waals surface area contributed by atoms with Crippen LogP contribution in [0.3, 0.4) is 0 Å². The zero-order valence-corrected chi connectivity index (χ0v) is 21.7. The third-order valence-corrected chi connectivity index (χ3v) is 7.90. The van der Waals surface area contributed by atoms with Crippen LogP contribution in [0, 0.1) is 18.3 Å². The van der Waals surface area contributed by atoms with Crippen molar-refractivity contribution >= 4 is 78.6 Å². The van der Waals surface area contributed by atoms with E-state index in [1.54, 1.807) is 23.6 Å². The number of rotatable bonds is 4. The van der Waals surface area contributed by atoms with E-state index in [9.17, 15) is 10.1 Å². The molecule has 7 nitrogen and oxygen atoms in total. The van der Waals surface area contributed by atoms with Gasteiger partial charge in [0.1, 0.15) is 27.2 Å². The molecule has 0 saturated heterocycles. The van der Waals surface area contributed by atoms with E-state index in [2.05, 4.69) is 21.4 Å². The summed E-state index contributed by atoms with van der Waals surface area (Å²) in [6.07, 6.45) is 0. The van der Waals surface area contributed by atoms with Crippen LogP contribution in [-0.2, 0) is 0 Å². The Morgan fingerprint density at radius 3 is 2.56 bits per heavy atom. The number of carbonyl (C=O) groups is 1. The molecule has 5 N–H and O–H groups in total. The summed E-state index contributed by atoms with van der Waals surface area (Å²) < 4.78 is 0. The zero-order valence-electron chi connectivity index (χ0n) is 18.6. The number of hydrogen-bond donors (Lipinski definition) is 3. The summed E-state index contributed by atoms with van der Waals surface area (Å²) in [6, 6.07) is 14.9. The largest absolute Gasteiger partial charge is 0.397 e. The number of amides is 1. The molecule has 0 radical (unpaired) electrons. The lowest BCUT2D eigenvalue weighted by molar-refractivity contribution is 0.103. The molecule has 36 heavy (non-hydrogen) atoms. The molecule has 0 aliphatic rings. The molecule has 0 bridgehead atoms. The smallest absolute Gasteiger partial charge is 0.269 e. The van der Waals surface area contributed by atoms with Crippen LogP contribution in [0.15, 0.2) is 47.8 Å². The summed E-state index contributed by atoms with van der Waals surface area (Å²) in [5.74, 6) is -0.358. The van der Waals surface area contributed by atoms with Gasteiger partial charge in [0, 0.05) is 26.9 Å². The molecule has 3 heterocycles. The fourth-order valence-corrected chi connectivity index (χ4v) is 5.98. The van der Waals surface area contributed by atoms with E-state index in [-0.39, 0.29) is 21.9 Å². The maximum atomic E-state index is 13.2. The van der Waals surface area contributed by atoms with E-state index in [1.165, 1.54) is 11.3 Å². The summed E-state index contributed by atoms with van der Waals surface area (Å²) >= 11 is 14.6. The van der Waals surface area contributed by atoms with Crippen molar-refractivity contribution in [1.82, 2.24) is 9.97 Å². The van der Waals surface area contributed by atoms with Gasteiger partial charge in [-0.1, -0.05) is 53.0 Å². The Kier molecular flexibility index (Phi) is 6.28. The van der Waals surface area contributed by atoms with Crippen LogP contribution in [0.25, 0.3) is 32.6 Å². The van der Waals surface area contributed by atoms with Gasteiger partial charge >= 0.3 is 0 Å². The molecule has 0 spiro atoms. The Hall–Kier alpha value is -3.68. The summed E-state index contributed by atoms with van der Waals surface area (Å²) in [5, 5.41) is 16.3. The zero-order chi connectivity index (χ0) is 25.6. The Morgan fingerprint density at radius 2 is 1.86 bits per heavy atom. The topological polar surface area (TPSA) is 131 Å². The lowest BCUT2D eigenvalue weighted by atomic mass is 9.96. The summed E-state index contributed by atoms with van der Waals surface area (Å²) in [7, 11) is 0. The molecule has 0 atom stereocenters. The molecule has 0 aliphatic heterocycles. The second kappa shape index (κ2) is 9.41. The van der Waals surface area contributed by atoms with Gasteiger partial charge in [0.15, 0.2) is 5.13 Å². The number of nitrogens with one attached hydrogen (secondary N) is 1. The van der Waals surface area contributed by atoms with Crippen molar-refractivity contribution in [1.29, 1.82) is 5.26 Å². The van der Waals surface area contributed by atoms with Gasteiger partial charge in [0.2, 0.25) is 0 Å². The number of nitrogen functional groups attached to an aromatic ring is 2. The van der Waals surface area contributed by atoms with Crippen molar-refractivity contribution < 1.29 is 4.79 Å². The van der Waals surface area contributed by atoms with Crippen molar-refractivity contribution in [2.75, 3.05) is 16.8 Å². The molecule has 0 fully saturated rings. The number of pyridine rings is 1. The van der Waals surface area contributed by atoms with E-state index in [0.717, 1.165) is 22.5 Å². The summed E-state index contributed by atoms with van der Waals surface area (Å²) in [5.41, 5.74) is 16.7. The monoisotopic (exact) mass is 550 g/mol. The predicted molar refractivity (Wildman–Crippen MR) is 149 cm³/mol. The average Bonchev–Trinajstić information content (AvgIpc) is 3.43. The number of halogens is 2. The molecule has 5 aromatic rings. The van der Waals surface area contributed by atoms with Crippen molar-refractivity contribution in [2.45, 2.75) is 6.92 Å². The van der Waals surface area contributed by atoms with Gasteiger partial charge in [-0.3, -0.25) is 10.1 Å². The SMILES string of the molecule is Cc1ccc(-c2c(C#N)c(N)nc3sc(C(=O)Nc4nc(-c5ccc(Cl)cc5Cl)cs4)c(N)c23)cc1. The molecule has 5 rings (SSSR count). The van der Waals surface area contributed by atoms with Crippen LogP contribution >= 0.6 is 45.9 Å². The first-order valence-corrected chi connectivity index (χ1v) is 12.9. The van der Waals surface area contributed by atoms with Crippen LogP contribution in [-0.4, -0.2) is 15.9 Å². The van der Waals surface area contributed by atoms with Crippen LogP contribution in [0.5, 0.6) is 0 Å². The fourth-order valence-electron chi connectivity index (χ4n) is 3.77. The van der Waals surface area contributed by atoms with E-state index in [4.69, 9.17) is 34.7 Å². The number of nitrogens with zero attached hydrogens (tertiary/aromatic N) is 3. The molecule has 11 heteroatoms. The quantitative estimate of drug-likeness (QED) is 0.221. The normalized spacial score (nSPS) is 10.9. The molecule has 178 valence electrons. The number of benzene rings is 2. The van der Waals surface area contributed by atoms with Crippen molar-refractivity contribution in [3.63, 3.8) is 0 Å². The van der Waals surface area contributed by atoms with E-state index >= 15 is 0 Å². The molecule has 0 saturated carbocycles. The highest BCUT2D eigenvalue weighted by Crippen LogP contribution is 2.43. The fraction of sp³-hybridized carbons (Fsp3) is 0.0400. The van der Waals surface area contributed by atoms with Gasteiger partial charge in [-0.05, 0) is 30.7 Å². The van der Waals surface area contributed by atoms with Gasteiger partial charge in [-0.2, -0.15) is 5.26 Å². The number of anilines is 3. The Morgan fingerprint density at radius 1 is 1.11 bits per heavy atom. The standard InChI is InChI=1S/C25H16Cl2N6OS2/c1-11-2-4-12(5-3-11)18-15(9-28)22(30)32-24-19(18)20(29)21(36-24)23(34)33-25-31-17(10-35-25)14-7-6-13(26)8-16(14)27/h2-8,10H,29H2,1H3,(H2,30,32)(H,31,33,34). The minimum Gasteiger partial charge on any atom is -0.397 e. The maximum absolute atomic E-state index is 13.2. The first-order chi connectivity index (χ1) is 17.3. The highest BCUT2D eigenvalue weighted by atomic mass is 35.5. The first kappa shape index (κ1) is 24.0. The number of nitrogens with two attached hydrogens (primary N) is 2. The molecule has 1 amide bonds. The maximum Gasteiger partial charge on any atom is 0.269 e. The van der Waals surface area contributed by atoms with E-state index in [1.807, 2.05) is 31.2 Å². The number of aryl methyl sites for hydroxylation is 1. The number of aromatic nitrogens is 2. The van der Waals surface area contributed by atoms with Crippen molar-refractivity contribution in [3.8, 4) is 28.5 Å². The van der Waals surface area contributed by atoms with Crippen LogP contribution in [0.2, 0.25) is 10.0 Å². The average molecular weight is 551 g/mol. The second-order valence-corrected chi connectivity index (χ2v) is 10.6. The number of hydrogen-bond acceptors (Lipinski definition) is 8. The number of carbonyl (C=O) groups excluding carboxylic acids is 1. The van der Waals surface area contributed by atoms with Crippen LogP contribution in [0.1, 0.15) is 20.8 Å². The first-order valence-electron chi connectivity index (χ1n) is 10.5. The highest BCUT2D eigenvalue weighted by Gasteiger charge is 2.25.